The quantitative estimate of drug-likeness (QED) is 0.615. The van der Waals surface area contributed by atoms with Gasteiger partial charge in [0.25, 0.3) is 5.91 Å². The molecular weight excluding hydrogens is 358 g/mol. The van der Waals surface area contributed by atoms with Crippen LogP contribution in [0.1, 0.15) is 39.3 Å². The Labute approximate surface area is 162 Å². The maximum Gasteiger partial charge on any atom is 0.260 e. The molecule has 4 rings (SSSR count). The molecule has 0 atom stereocenters. The third kappa shape index (κ3) is 3.83. The first kappa shape index (κ1) is 17.6. The fourth-order valence-electron chi connectivity index (χ4n) is 3.24. The van der Waals surface area contributed by atoms with Gasteiger partial charge in [0.15, 0.2) is 5.13 Å². The van der Waals surface area contributed by atoms with Crippen LogP contribution in [0.3, 0.4) is 0 Å². The van der Waals surface area contributed by atoms with Crippen LogP contribution >= 0.6 is 11.3 Å². The number of thiazole rings is 1. The predicted molar refractivity (Wildman–Crippen MR) is 106 cm³/mol. The topological polar surface area (TPSA) is 63.9 Å². The van der Waals surface area contributed by atoms with Crippen LogP contribution < -0.4 is 4.90 Å². The second-order valence-corrected chi connectivity index (χ2v) is 7.63. The number of rotatable bonds is 6. The van der Waals surface area contributed by atoms with Crippen LogP contribution in [0.15, 0.2) is 49.6 Å². The number of hydrogen-bond acceptors (Lipinski definition) is 5. The summed E-state index contributed by atoms with van der Waals surface area (Å²) in [7, 11) is 0. The van der Waals surface area contributed by atoms with Crippen molar-refractivity contribution in [1.29, 1.82) is 0 Å². The molecule has 1 aromatic carbocycles. The molecule has 0 N–H and O–H groups in total. The number of carbonyl (C=O) groups excluding carboxylic acids is 1. The van der Waals surface area contributed by atoms with Crippen LogP contribution in [0.5, 0.6) is 0 Å². The zero-order chi connectivity index (χ0) is 18.6. The summed E-state index contributed by atoms with van der Waals surface area (Å²) in [6.45, 7) is 4.89. The Kier molecular flexibility index (Phi) is 5.11. The van der Waals surface area contributed by atoms with Crippen LogP contribution in [0.4, 0.5) is 5.13 Å². The maximum atomic E-state index is 13.1. The first-order valence-electron chi connectivity index (χ1n) is 9.07. The van der Waals surface area contributed by atoms with Crippen LogP contribution in [0.25, 0.3) is 0 Å². The number of anilines is 1. The van der Waals surface area contributed by atoms with Crippen molar-refractivity contribution in [2.24, 2.45) is 0 Å². The smallest absolute Gasteiger partial charge is 0.260 e. The zero-order valence-corrected chi connectivity index (χ0v) is 15.9. The van der Waals surface area contributed by atoms with Gasteiger partial charge in [-0.05, 0) is 43.4 Å². The van der Waals surface area contributed by atoms with Gasteiger partial charge in [0, 0.05) is 17.0 Å². The number of fused-ring (bicyclic) bond motifs is 1. The Morgan fingerprint density at radius 3 is 2.78 bits per heavy atom. The molecule has 0 bridgehead atoms. The largest absolute Gasteiger partial charge is 0.280 e. The van der Waals surface area contributed by atoms with Crippen molar-refractivity contribution in [3.63, 3.8) is 0 Å². The first-order valence-corrected chi connectivity index (χ1v) is 9.89. The summed E-state index contributed by atoms with van der Waals surface area (Å²) in [5.74, 6) is -0.0479. The minimum atomic E-state index is -0.0479. The average molecular weight is 379 g/mol. The zero-order valence-electron chi connectivity index (χ0n) is 15.0. The van der Waals surface area contributed by atoms with E-state index in [1.807, 2.05) is 24.3 Å². The standard InChI is InChI=1S/C20H21N5OS/c1-2-11-25(20-23-17-5-3-4-6-18(17)27-20)19(26)16-9-7-15(8-10-16)12-24-14-21-13-22-24/h2,7-10,13-14H,1,3-6,11-12H2. The highest BCUT2D eigenvalue weighted by Crippen LogP contribution is 2.32. The number of aryl methyl sites for hydroxylation is 2. The normalized spacial score (nSPS) is 13.2. The summed E-state index contributed by atoms with van der Waals surface area (Å²) in [5.41, 5.74) is 2.87. The molecule has 2 aromatic heterocycles. The van der Waals surface area contributed by atoms with Crippen molar-refractivity contribution < 1.29 is 4.79 Å². The van der Waals surface area contributed by atoms with Gasteiger partial charge >= 0.3 is 0 Å². The van der Waals surface area contributed by atoms with Crippen molar-refractivity contribution in [3.8, 4) is 0 Å². The van der Waals surface area contributed by atoms with Crippen LogP contribution in [-0.2, 0) is 19.4 Å². The van der Waals surface area contributed by atoms with Gasteiger partial charge in [-0.3, -0.25) is 9.69 Å². The third-order valence-electron chi connectivity index (χ3n) is 4.63. The van der Waals surface area contributed by atoms with E-state index in [4.69, 9.17) is 4.98 Å². The summed E-state index contributed by atoms with van der Waals surface area (Å²) in [6.07, 6.45) is 9.40. The van der Waals surface area contributed by atoms with E-state index >= 15 is 0 Å². The van der Waals surface area contributed by atoms with Gasteiger partial charge in [-0.25, -0.2) is 14.6 Å². The van der Waals surface area contributed by atoms with Gasteiger partial charge < -0.3 is 0 Å². The van der Waals surface area contributed by atoms with E-state index in [1.165, 1.54) is 24.0 Å². The lowest BCUT2D eigenvalue weighted by atomic mass is 10.0. The molecule has 1 aliphatic rings. The predicted octanol–water partition coefficient (Wildman–Crippen LogP) is 3.49. The molecular formula is C20H21N5OS. The van der Waals surface area contributed by atoms with Crippen molar-refractivity contribution in [1.82, 2.24) is 19.7 Å². The second-order valence-electron chi connectivity index (χ2n) is 6.57. The van der Waals surface area contributed by atoms with E-state index in [9.17, 15) is 4.79 Å². The van der Waals surface area contributed by atoms with E-state index in [0.717, 1.165) is 29.2 Å². The molecule has 0 aliphatic heterocycles. The van der Waals surface area contributed by atoms with Crippen molar-refractivity contribution in [2.45, 2.75) is 32.2 Å². The lowest BCUT2D eigenvalue weighted by molar-refractivity contribution is 0.0989. The SMILES string of the molecule is C=CCN(C(=O)c1ccc(Cn2cncn2)cc1)c1nc2c(s1)CCCC2. The lowest BCUT2D eigenvalue weighted by Gasteiger charge is -2.18. The summed E-state index contributed by atoms with van der Waals surface area (Å²) >= 11 is 1.64. The van der Waals surface area contributed by atoms with Crippen LogP contribution in [-0.4, -0.2) is 32.2 Å². The van der Waals surface area contributed by atoms with Gasteiger partial charge in [0.1, 0.15) is 12.7 Å². The van der Waals surface area contributed by atoms with Gasteiger partial charge in [-0.1, -0.05) is 18.2 Å². The van der Waals surface area contributed by atoms with Crippen molar-refractivity contribution in [2.75, 3.05) is 11.4 Å². The molecule has 2 heterocycles. The fourth-order valence-corrected chi connectivity index (χ4v) is 4.40. The minimum absolute atomic E-state index is 0.0479. The van der Waals surface area contributed by atoms with Gasteiger partial charge in [-0.2, -0.15) is 5.10 Å². The van der Waals surface area contributed by atoms with Crippen molar-refractivity contribution >= 4 is 22.4 Å². The summed E-state index contributed by atoms with van der Waals surface area (Å²) in [5, 5.41) is 4.88. The molecule has 7 heteroatoms. The molecule has 1 amide bonds. The monoisotopic (exact) mass is 379 g/mol. The Bertz CT molecular complexity index is 906. The average Bonchev–Trinajstić information content (AvgIpc) is 3.35. The molecule has 0 saturated carbocycles. The molecule has 0 unspecified atom stereocenters. The molecule has 0 saturated heterocycles. The Morgan fingerprint density at radius 1 is 1.26 bits per heavy atom. The number of hydrogen-bond donors (Lipinski definition) is 0. The van der Waals surface area contributed by atoms with E-state index in [1.54, 1.807) is 33.3 Å². The number of benzene rings is 1. The molecule has 1 aliphatic carbocycles. The fraction of sp³-hybridized carbons (Fsp3) is 0.300. The molecule has 138 valence electrons. The molecule has 0 fully saturated rings. The molecule has 6 nitrogen and oxygen atoms in total. The third-order valence-corrected chi connectivity index (χ3v) is 5.81. The Hall–Kier alpha value is -2.80. The second kappa shape index (κ2) is 7.84. The molecule has 27 heavy (non-hydrogen) atoms. The lowest BCUT2D eigenvalue weighted by Crippen LogP contribution is -2.31. The molecule has 3 aromatic rings. The highest BCUT2D eigenvalue weighted by Gasteiger charge is 2.23. The number of aromatic nitrogens is 4. The first-order chi connectivity index (χ1) is 13.2. The summed E-state index contributed by atoms with van der Waals surface area (Å²) in [6, 6.07) is 7.62. The Balaban J connectivity index is 1.54. The maximum absolute atomic E-state index is 13.1. The highest BCUT2D eigenvalue weighted by atomic mass is 32.1. The van der Waals surface area contributed by atoms with Crippen LogP contribution in [0.2, 0.25) is 0 Å². The van der Waals surface area contributed by atoms with E-state index in [2.05, 4.69) is 16.7 Å². The van der Waals surface area contributed by atoms with E-state index in [0.29, 0.717) is 18.7 Å². The van der Waals surface area contributed by atoms with Gasteiger partial charge in [0.2, 0.25) is 0 Å². The van der Waals surface area contributed by atoms with E-state index < -0.39 is 0 Å². The van der Waals surface area contributed by atoms with Gasteiger partial charge in [-0.15, -0.1) is 17.9 Å². The summed E-state index contributed by atoms with van der Waals surface area (Å²) < 4.78 is 1.75. The van der Waals surface area contributed by atoms with Crippen LogP contribution in [0, 0.1) is 0 Å². The summed E-state index contributed by atoms with van der Waals surface area (Å²) in [4.78, 5) is 24.8. The highest BCUT2D eigenvalue weighted by molar-refractivity contribution is 7.16. The molecule has 0 radical (unpaired) electrons. The molecule has 0 spiro atoms. The number of nitrogens with zero attached hydrogens (tertiary/aromatic N) is 5. The Morgan fingerprint density at radius 2 is 2.07 bits per heavy atom. The van der Waals surface area contributed by atoms with Crippen molar-refractivity contribution in [3.05, 3.63) is 71.3 Å². The van der Waals surface area contributed by atoms with Gasteiger partial charge in [0.05, 0.1) is 12.2 Å². The van der Waals surface area contributed by atoms with E-state index in [-0.39, 0.29) is 5.91 Å². The minimum Gasteiger partial charge on any atom is -0.280 e. The number of carbonyl (C=O) groups is 1. The number of amides is 1.